The number of rotatable bonds is 4. The Hall–Kier alpha value is -3.20. The Kier molecular flexibility index (Phi) is 4.36. The van der Waals surface area contributed by atoms with Crippen molar-refractivity contribution in [2.45, 2.75) is 17.8 Å². The number of thioether (sulfide) groups is 1. The Balaban J connectivity index is 1.60. The highest BCUT2D eigenvalue weighted by molar-refractivity contribution is 7.98. The molecule has 2 N–H and O–H groups in total. The molecule has 0 fully saturated rings. The van der Waals surface area contributed by atoms with Crippen LogP contribution in [0.1, 0.15) is 11.3 Å². The topological polar surface area (TPSA) is 91.1 Å². The molecule has 0 atom stereocenters. The molecule has 27 heavy (non-hydrogen) atoms. The highest BCUT2D eigenvalue weighted by Crippen LogP contribution is 2.25. The molecular weight excluding hydrogens is 367 g/mol. The van der Waals surface area contributed by atoms with Crippen LogP contribution in [0.3, 0.4) is 0 Å². The molecule has 0 aliphatic carbocycles. The smallest absolute Gasteiger partial charge is 0.258 e. The molecule has 9 heteroatoms. The number of nitrogens with zero attached hydrogens (tertiary/aromatic N) is 5. The number of fused-ring (bicyclic) bond motifs is 1. The van der Waals surface area contributed by atoms with E-state index in [1.165, 1.54) is 33.0 Å². The van der Waals surface area contributed by atoms with Gasteiger partial charge in [-0.2, -0.15) is 0 Å². The predicted octanol–water partition coefficient (Wildman–Crippen LogP) is 2.41. The Labute approximate surface area is 157 Å². The number of nitrogen functional groups attached to an aromatic ring is 1. The van der Waals surface area contributed by atoms with Crippen molar-refractivity contribution in [1.82, 2.24) is 24.3 Å². The molecule has 0 unspecified atom stereocenters. The van der Waals surface area contributed by atoms with Gasteiger partial charge in [0.1, 0.15) is 11.5 Å². The molecule has 3 aromatic heterocycles. The molecule has 0 amide bonds. The summed E-state index contributed by atoms with van der Waals surface area (Å²) in [6.45, 7) is 1.91. The van der Waals surface area contributed by atoms with Crippen LogP contribution in [0, 0.1) is 12.7 Å². The van der Waals surface area contributed by atoms with Gasteiger partial charge in [-0.15, -0.1) is 10.2 Å². The molecule has 0 bridgehead atoms. The number of hydrogen-bond acceptors (Lipinski definition) is 6. The summed E-state index contributed by atoms with van der Waals surface area (Å²) in [6.07, 6.45) is 1.75. The van der Waals surface area contributed by atoms with Gasteiger partial charge in [0, 0.05) is 18.0 Å². The zero-order chi connectivity index (χ0) is 19.0. The van der Waals surface area contributed by atoms with Crippen molar-refractivity contribution in [2.75, 3.05) is 5.84 Å². The highest BCUT2D eigenvalue weighted by Gasteiger charge is 2.15. The van der Waals surface area contributed by atoms with Crippen LogP contribution in [-0.2, 0) is 5.75 Å². The number of hydrogen-bond donors (Lipinski definition) is 1. The third-order valence-corrected chi connectivity index (χ3v) is 4.97. The van der Waals surface area contributed by atoms with Crippen LogP contribution in [0.25, 0.3) is 17.0 Å². The van der Waals surface area contributed by atoms with E-state index in [1.807, 2.05) is 13.0 Å². The van der Waals surface area contributed by atoms with Crippen molar-refractivity contribution in [3.05, 3.63) is 76.1 Å². The molecule has 4 aromatic rings. The lowest BCUT2D eigenvalue weighted by molar-refractivity contribution is 0.629. The molecule has 0 aliphatic rings. The first kappa shape index (κ1) is 17.2. The van der Waals surface area contributed by atoms with Crippen LogP contribution < -0.4 is 11.4 Å². The molecule has 3 heterocycles. The Morgan fingerprint density at radius 1 is 1.19 bits per heavy atom. The zero-order valence-corrected chi connectivity index (χ0v) is 15.2. The van der Waals surface area contributed by atoms with Crippen LogP contribution in [0.4, 0.5) is 4.39 Å². The van der Waals surface area contributed by atoms with Crippen molar-refractivity contribution < 1.29 is 4.39 Å². The van der Waals surface area contributed by atoms with E-state index in [0.29, 0.717) is 22.3 Å². The van der Waals surface area contributed by atoms with Gasteiger partial charge in [-0.25, -0.2) is 14.1 Å². The monoisotopic (exact) mass is 382 g/mol. The van der Waals surface area contributed by atoms with Gasteiger partial charge < -0.3 is 5.84 Å². The molecule has 0 saturated heterocycles. The maximum atomic E-state index is 13.9. The molecule has 7 nitrogen and oxygen atoms in total. The van der Waals surface area contributed by atoms with Gasteiger partial charge in [-0.1, -0.05) is 30.0 Å². The lowest BCUT2D eigenvalue weighted by Gasteiger charge is -2.06. The lowest BCUT2D eigenvalue weighted by atomic mass is 10.2. The van der Waals surface area contributed by atoms with Crippen molar-refractivity contribution in [1.29, 1.82) is 0 Å². The fraction of sp³-hybridized carbons (Fsp3) is 0.111. The number of aryl methyl sites for hydroxylation is 1. The SMILES string of the molecule is Cc1ccc2nc(CSc3nnc(-c4ccccc4F)n3N)cc(=O)n2c1. The first-order valence-electron chi connectivity index (χ1n) is 8.10. The van der Waals surface area contributed by atoms with E-state index in [2.05, 4.69) is 15.2 Å². The van der Waals surface area contributed by atoms with Gasteiger partial charge in [0.25, 0.3) is 5.56 Å². The Morgan fingerprint density at radius 2 is 2.00 bits per heavy atom. The average molecular weight is 382 g/mol. The summed E-state index contributed by atoms with van der Waals surface area (Å²) in [5.74, 6) is 6.22. The molecule has 0 aliphatic heterocycles. The predicted molar refractivity (Wildman–Crippen MR) is 101 cm³/mol. The molecule has 0 saturated carbocycles. The quantitative estimate of drug-likeness (QED) is 0.431. The first-order valence-corrected chi connectivity index (χ1v) is 9.08. The first-order chi connectivity index (χ1) is 13.0. The fourth-order valence-corrected chi connectivity index (χ4v) is 3.42. The maximum absolute atomic E-state index is 13.9. The largest absolute Gasteiger partial charge is 0.335 e. The summed E-state index contributed by atoms with van der Waals surface area (Å²) >= 11 is 1.27. The van der Waals surface area contributed by atoms with Crippen molar-refractivity contribution in [3.63, 3.8) is 0 Å². The second-order valence-corrected chi connectivity index (χ2v) is 6.91. The summed E-state index contributed by atoms with van der Waals surface area (Å²) in [7, 11) is 0. The number of pyridine rings is 1. The van der Waals surface area contributed by atoms with Crippen LogP contribution >= 0.6 is 11.8 Å². The maximum Gasteiger partial charge on any atom is 0.258 e. The summed E-state index contributed by atoms with van der Waals surface area (Å²) in [6, 6.07) is 11.4. The third-order valence-electron chi connectivity index (χ3n) is 3.99. The van der Waals surface area contributed by atoms with Gasteiger partial charge in [0.15, 0.2) is 5.82 Å². The molecule has 0 spiro atoms. The minimum Gasteiger partial charge on any atom is -0.335 e. The van der Waals surface area contributed by atoms with E-state index < -0.39 is 5.82 Å². The minimum absolute atomic E-state index is 0.152. The van der Waals surface area contributed by atoms with Gasteiger partial charge in [-0.3, -0.25) is 9.20 Å². The van der Waals surface area contributed by atoms with Crippen molar-refractivity contribution >= 4 is 17.4 Å². The molecule has 136 valence electrons. The zero-order valence-electron chi connectivity index (χ0n) is 14.3. The molecular formula is C18H15FN6OS. The normalized spacial score (nSPS) is 11.2. The van der Waals surface area contributed by atoms with Gasteiger partial charge in [-0.05, 0) is 30.7 Å². The standard InChI is InChI=1S/C18H15FN6OS/c1-11-6-7-15-21-12(8-16(26)24(15)9-11)10-27-18-23-22-17(25(18)20)13-4-2-3-5-14(13)19/h2-9H,10,20H2,1H3. The van der Waals surface area contributed by atoms with Crippen molar-refractivity contribution in [3.8, 4) is 11.4 Å². The average Bonchev–Trinajstić information content (AvgIpc) is 3.01. The summed E-state index contributed by atoms with van der Waals surface area (Å²) in [5.41, 5.74) is 2.28. The number of halogens is 1. The van der Waals surface area contributed by atoms with Crippen LogP contribution in [0.5, 0.6) is 0 Å². The van der Waals surface area contributed by atoms with Gasteiger partial charge in [0.05, 0.1) is 11.3 Å². The summed E-state index contributed by atoms with van der Waals surface area (Å²) < 4.78 is 16.7. The van der Waals surface area contributed by atoms with E-state index in [1.54, 1.807) is 30.5 Å². The lowest BCUT2D eigenvalue weighted by Crippen LogP contribution is -2.15. The second-order valence-electron chi connectivity index (χ2n) is 5.97. The fourth-order valence-electron chi connectivity index (χ4n) is 2.67. The summed E-state index contributed by atoms with van der Waals surface area (Å²) in [5, 5.41) is 8.40. The van der Waals surface area contributed by atoms with E-state index >= 15 is 0 Å². The van der Waals surface area contributed by atoms with Crippen molar-refractivity contribution in [2.24, 2.45) is 0 Å². The van der Waals surface area contributed by atoms with Crippen LogP contribution in [0.2, 0.25) is 0 Å². The van der Waals surface area contributed by atoms with Crippen LogP contribution in [0.15, 0.2) is 58.6 Å². The molecule has 1 aromatic carbocycles. The number of nitrogens with two attached hydrogens (primary N) is 1. The third kappa shape index (κ3) is 3.28. The number of benzene rings is 1. The van der Waals surface area contributed by atoms with Gasteiger partial charge in [0.2, 0.25) is 5.16 Å². The minimum atomic E-state index is -0.423. The molecule has 0 radical (unpaired) electrons. The van der Waals surface area contributed by atoms with E-state index in [4.69, 9.17) is 5.84 Å². The highest BCUT2D eigenvalue weighted by atomic mass is 32.2. The number of aromatic nitrogens is 5. The van der Waals surface area contributed by atoms with E-state index in [0.717, 1.165) is 5.56 Å². The second kappa shape index (κ2) is 6.84. The van der Waals surface area contributed by atoms with E-state index in [9.17, 15) is 9.18 Å². The van der Waals surface area contributed by atoms with Crippen LogP contribution in [-0.4, -0.2) is 24.3 Å². The Morgan fingerprint density at radius 3 is 2.81 bits per heavy atom. The van der Waals surface area contributed by atoms with Gasteiger partial charge >= 0.3 is 0 Å². The Bertz CT molecular complexity index is 1200. The summed E-state index contributed by atoms with van der Waals surface area (Å²) in [4.78, 5) is 16.8. The van der Waals surface area contributed by atoms with E-state index in [-0.39, 0.29) is 16.9 Å². The molecule has 4 rings (SSSR count).